The van der Waals surface area contributed by atoms with Crippen molar-refractivity contribution in [2.75, 3.05) is 31.6 Å². The number of rotatable bonds is 6. The van der Waals surface area contributed by atoms with Crippen LogP contribution in [0.15, 0.2) is 24.3 Å². The van der Waals surface area contributed by atoms with Crippen molar-refractivity contribution in [3.63, 3.8) is 0 Å². The average Bonchev–Trinajstić information content (AvgIpc) is 2.52. The molecule has 0 radical (unpaired) electrons. The second kappa shape index (κ2) is 10.4. The second-order valence-corrected chi connectivity index (χ2v) is 6.67. The lowest BCUT2D eigenvalue weighted by atomic mass is 10.0. The van der Waals surface area contributed by atoms with E-state index in [4.69, 9.17) is 11.6 Å². The largest absolute Gasteiger partial charge is 0.333 e. The third-order valence-electron chi connectivity index (χ3n) is 3.82. The SMILES string of the molecule is CSCCCCC(=O)N1CCNCC1c1ccccc1Cl.Cl. The number of benzene rings is 1. The predicted octanol–water partition coefficient (Wildman–Crippen LogP) is 3.77. The summed E-state index contributed by atoms with van der Waals surface area (Å²) in [7, 11) is 0. The zero-order valence-corrected chi connectivity index (χ0v) is 15.3. The van der Waals surface area contributed by atoms with Gasteiger partial charge < -0.3 is 10.2 Å². The summed E-state index contributed by atoms with van der Waals surface area (Å²) in [6, 6.07) is 7.88. The van der Waals surface area contributed by atoms with E-state index < -0.39 is 0 Å². The number of amides is 1. The van der Waals surface area contributed by atoms with E-state index in [1.165, 1.54) is 0 Å². The molecule has 1 heterocycles. The summed E-state index contributed by atoms with van der Waals surface area (Å²) in [5.41, 5.74) is 1.05. The van der Waals surface area contributed by atoms with Gasteiger partial charge in [0.05, 0.1) is 6.04 Å². The second-order valence-electron chi connectivity index (χ2n) is 5.28. The summed E-state index contributed by atoms with van der Waals surface area (Å²) < 4.78 is 0. The first kappa shape index (κ1) is 19.6. The number of nitrogens with one attached hydrogen (secondary N) is 1. The molecule has 0 aliphatic carbocycles. The lowest BCUT2D eigenvalue weighted by Gasteiger charge is -2.37. The van der Waals surface area contributed by atoms with Crippen LogP contribution in [0, 0.1) is 0 Å². The van der Waals surface area contributed by atoms with Gasteiger partial charge in [0.1, 0.15) is 0 Å². The van der Waals surface area contributed by atoms with Gasteiger partial charge in [0.2, 0.25) is 5.91 Å². The molecule has 2 rings (SSSR count). The normalized spacial score (nSPS) is 17.9. The van der Waals surface area contributed by atoms with Crippen LogP contribution in [0.4, 0.5) is 0 Å². The number of carbonyl (C=O) groups is 1. The standard InChI is InChI=1S/C16H23ClN2OS.ClH/c1-21-11-5-4-8-16(20)19-10-9-18-12-15(19)13-6-2-3-7-14(13)17;/h2-3,6-7,15,18H,4-5,8-12H2,1H3;1H. The molecule has 1 unspecified atom stereocenters. The Bertz CT molecular complexity index is 473. The van der Waals surface area contributed by atoms with Crippen molar-refractivity contribution in [2.24, 2.45) is 0 Å². The highest BCUT2D eigenvalue weighted by atomic mass is 35.5. The molecule has 6 heteroatoms. The maximum absolute atomic E-state index is 12.5. The number of nitrogens with zero attached hydrogens (tertiary/aromatic N) is 1. The summed E-state index contributed by atoms with van der Waals surface area (Å²) >= 11 is 8.14. The fourth-order valence-corrected chi connectivity index (χ4v) is 3.45. The molecule has 1 atom stereocenters. The molecule has 1 saturated heterocycles. The molecule has 1 aromatic carbocycles. The molecule has 1 fully saturated rings. The van der Waals surface area contributed by atoms with Gasteiger partial charge in [-0.25, -0.2) is 0 Å². The molecule has 0 bridgehead atoms. The van der Waals surface area contributed by atoms with Crippen LogP contribution in [0.2, 0.25) is 5.02 Å². The van der Waals surface area contributed by atoms with Gasteiger partial charge in [-0.1, -0.05) is 29.8 Å². The molecule has 0 saturated carbocycles. The molecular weight excluding hydrogens is 339 g/mol. The first-order valence-corrected chi connectivity index (χ1v) is 9.24. The van der Waals surface area contributed by atoms with Crippen LogP contribution in [0.3, 0.4) is 0 Å². The number of halogens is 2. The Morgan fingerprint density at radius 3 is 2.91 bits per heavy atom. The molecule has 1 aromatic rings. The van der Waals surface area contributed by atoms with Crippen LogP contribution in [0.25, 0.3) is 0 Å². The maximum Gasteiger partial charge on any atom is 0.223 e. The average molecular weight is 363 g/mol. The van der Waals surface area contributed by atoms with E-state index in [2.05, 4.69) is 11.6 Å². The first-order valence-electron chi connectivity index (χ1n) is 7.47. The van der Waals surface area contributed by atoms with Crippen molar-refractivity contribution in [1.29, 1.82) is 0 Å². The summed E-state index contributed by atoms with van der Waals surface area (Å²) in [6.07, 6.45) is 4.82. The van der Waals surface area contributed by atoms with Crippen LogP contribution in [-0.4, -0.2) is 42.4 Å². The lowest BCUT2D eigenvalue weighted by molar-refractivity contribution is -0.134. The van der Waals surface area contributed by atoms with E-state index in [9.17, 15) is 4.79 Å². The van der Waals surface area contributed by atoms with E-state index in [1.54, 1.807) is 0 Å². The Balaban J connectivity index is 0.00000242. The summed E-state index contributed by atoms with van der Waals surface area (Å²) in [4.78, 5) is 14.5. The molecule has 124 valence electrons. The van der Waals surface area contributed by atoms with Gasteiger partial charge in [0.15, 0.2) is 0 Å². The molecular formula is C16H24Cl2N2OS. The van der Waals surface area contributed by atoms with Crippen molar-refractivity contribution in [3.05, 3.63) is 34.9 Å². The van der Waals surface area contributed by atoms with Crippen molar-refractivity contribution >= 4 is 41.7 Å². The molecule has 3 nitrogen and oxygen atoms in total. The van der Waals surface area contributed by atoms with Gasteiger partial charge in [0.25, 0.3) is 0 Å². The molecule has 0 aromatic heterocycles. The van der Waals surface area contributed by atoms with E-state index in [1.807, 2.05) is 40.9 Å². The van der Waals surface area contributed by atoms with Crippen LogP contribution in [-0.2, 0) is 4.79 Å². The van der Waals surface area contributed by atoms with Crippen LogP contribution < -0.4 is 5.32 Å². The van der Waals surface area contributed by atoms with Gasteiger partial charge in [-0.2, -0.15) is 11.8 Å². The van der Waals surface area contributed by atoms with Crippen molar-refractivity contribution in [1.82, 2.24) is 10.2 Å². The number of hydrogen-bond acceptors (Lipinski definition) is 3. The summed E-state index contributed by atoms with van der Waals surface area (Å²) in [5.74, 6) is 1.38. The van der Waals surface area contributed by atoms with Crippen molar-refractivity contribution in [3.8, 4) is 0 Å². The Labute approximate surface area is 148 Å². The first-order chi connectivity index (χ1) is 10.2. The van der Waals surface area contributed by atoms with Crippen LogP contribution in [0.5, 0.6) is 0 Å². The number of piperazine rings is 1. The fraction of sp³-hybridized carbons (Fsp3) is 0.562. The monoisotopic (exact) mass is 362 g/mol. The smallest absolute Gasteiger partial charge is 0.223 e. The highest BCUT2D eigenvalue weighted by Gasteiger charge is 2.28. The van der Waals surface area contributed by atoms with E-state index >= 15 is 0 Å². The highest BCUT2D eigenvalue weighted by molar-refractivity contribution is 7.98. The molecule has 1 amide bonds. The minimum absolute atomic E-state index is 0. The third-order valence-corrected chi connectivity index (χ3v) is 4.86. The van der Waals surface area contributed by atoms with Gasteiger partial charge >= 0.3 is 0 Å². The number of hydrogen-bond donors (Lipinski definition) is 1. The minimum Gasteiger partial charge on any atom is -0.333 e. The minimum atomic E-state index is 0. The van der Waals surface area contributed by atoms with Gasteiger partial charge in [0, 0.05) is 31.1 Å². The molecule has 1 N–H and O–H groups in total. The fourth-order valence-electron chi connectivity index (χ4n) is 2.69. The summed E-state index contributed by atoms with van der Waals surface area (Å²) in [5, 5.41) is 4.11. The number of unbranched alkanes of at least 4 members (excludes halogenated alkanes) is 1. The zero-order chi connectivity index (χ0) is 15.1. The molecule has 22 heavy (non-hydrogen) atoms. The van der Waals surface area contributed by atoms with Crippen LogP contribution >= 0.6 is 35.8 Å². The Morgan fingerprint density at radius 2 is 2.18 bits per heavy atom. The predicted molar refractivity (Wildman–Crippen MR) is 98.3 cm³/mol. The quantitative estimate of drug-likeness (QED) is 0.781. The number of thioether (sulfide) groups is 1. The zero-order valence-electron chi connectivity index (χ0n) is 12.9. The van der Waals surface area contributed by atoms with Crippen molar-refractivity contribution in [2.45, 2.75) is 25.3 Å². The lowest BCUT2D eigenvalue weighted by Crippen LogP contribution is -2.48. The Hall–Kier alpha value is -0.420. The number of carbonyl (C=O) groups excluding carboxylic acids is 1. The van der Waals surface area contributed by atoms with E-state index in [0.29, 0.717) is 6.42 Å². The summed E-state index contributed by atoms with van der Waals surface area (Å²) in [6.45, 7) is 2.40. The highest BCUT2D eigenvalue weighted by Crippen LogP contribution is 2.29. The molecule has 0 spiro atoms. The van der Waals surface area contributed by atoms with Gasteiger partial charge in [-0.15, -0.1) is 12.4 Å². The topological polar surface area (TPSA) is 32.3 Å². The van der Waals surface area contributed by atoms with Gasteiger partial charge in [-0.3, -0.25) is 4.79 Å². The van der Waals surface area contributed by atoms with Crippen LogP contribution in [0.1, 0.15) is 30.9 Å². The Kier molecular flexibility index (Phi) is 9.25. The molecule has 1 aliphatic heterocycles. The third kappa shape index (κ3) is 5.34. The molecule has 1 aliphatic rings. The van der Waals surface area contributed by atoms with Crippen molar-refractivity contribution < 1.29 is 4.79 Å². The van der Waals surface area contributed by atoms with Gasteiger partial charge in [-0.05, 0) is 36.5 Å². The van der Waals surface area contributed by atoms with E-state index in [0.717, 1.165) is 48.8 Å². The Morgan fingerprint density at radius 1 is 1.41 bits per heavy atom. The van der Waals surface area contributed by atoms with E-state index in [-0.39, 0.29) is 24.4 Å². The maximum atomic E-state index is 12.5.